The van der Waals surface area contributed by atoms with Gasteiger partial charge in [0.2, 0.25) is 0 Å². The van der Waals surface area contributed by atoms with Gasteiger partial charge in [-0.25, -0.2) is 4.39 Å². The highest BCUT2D eigenvalue weighted by atomic mass is 19.1. The van der Waals surface area contributed by atoms with Crippen LogP contribution in [-0.2, 0) is 6.54 Å². The molecule has 0 heterocycles. The maximum absolute atomic E-state index is 13.2. The highest BCUT2D eigenvalue weighted by Crippen LogP contribution is 2.27. The Morgan fingerprint density at radius 1 is 1.09 bits per heavy atom. The molecule has 22 heavy (non-hydrogen) atoms. The first kappa shape index (κ1) is 15.8. The number of aryl methyl sites for hydroxylation is 1. The first-order valence-electron chi connectivity index (χ1n) is 6.80. The maximum Gasteiger partial charge on any atom is 0.251 e. The topological polar surface area (TPSA) is 47.6 Å². The van der Waals surface area contributed by atoms with Crippen molar-refractivity contribution in [3.63, 3.8) is 0 Å². The van der Waals surface area contributed by atoms with Crippen molar-refractivity contribution in [3.8, 4) is 11.5 Å². The van der Waals surface area contributed by atoms with Gasteiger partial charge in [0.05, 0.1) is 14.2 Å². The number of carbonyl (C=O) groups is 1. The Balaban J connectivity index is 2.09. The van der Waals surface area contributed by atoms with Gasteiger partial charge in [0.1, 0.15) is 5.82 Å². The van der Waals surface area contributed by atoms with E-state index in [2.05, 4.69) is 5.32 Å². The minimum Gasteiger partial charge on any atom is -0.493 e. The third-order valence-corrected chi connectivity index (χ3v) is 3.35. The van der Waals surface area contributed by atoms with Gasteiger partial charge in [-0.1, -0.05) is 12.1 Å². The SMILES string of the molecule is COc1ccc(CNC(=O)c2cc(F)ccc2C)cc1OC. The monoisotopic (exact) mass is 303 g/mol. The lowest BCUT2D eigenvalue weighted by molar-refractivity contribution is 0.0950. The van der Waals surface area contributed by atoms with Crippen LogP contribution in [0.2, 0.25) is 0 Å². The van der Waals surface area contributed by atoms with Gasteiger partial charge >= 0.3 is 0 Å². The lowest BCUT2D eigenvalue weighted by Gasteiger charge is -2.11. The standard InChI is InChI=1S/C17H18FNO3/c1-11-4-6-13(18)9-14(11)17(20)19-10-12-5-7-15(21-2)16(8-12)22-3/h4-9H,10H2,1-3H3,(H,19,20). The molecule has 0 aliphatic rings. The molecule has 0 spiro atoms. The molecule has 4 nitrogen and oxygen atoms in total. The summed E-state index contributed by atoms with van der Waals surface area (Å²) in [5, 5.41) is 2.77. The molecule has 0 aromatic heterocycles. The Labute approximate surface area is 128 Å². The summed E-state index contributed by atoms with van der Waals surface area (Å²) in [6.07, 6.45) is 0. The van der Waals surface area contributed by atoms with Crippen molar-refractivity contribution in [2.24, 2.45) is 0 Å². The molecule has 0 radical (unpaired) electrons. The van der Waals surface area contributed by atoms with Crippen LogP contribution in [-0.4, -0.2) is 20.1 Å². The smallest absolute Gasteiger partial charge is 0.251 e. The van der Waals surface area contributed by atoms with Crippen LogP contribution in [0.15, 0.2) is 36.4 Å². The number of benzene rings is 2. The second-order valence-corrected chi connectivity index (χ2v) is 4.83. The summed E-state index contributed by atoms with van der Waals surface area (Å²) in [5.74, 6) is 0.475. The number of ether oxygens (including phenoxy) is 2. The largest absolute Gasteiger partial charge is 0.493 e. The Bertz CT molecular complexity index is 686. The van der Waals surface area contributed by atoms with Gasteiger partial charge in [0.15, 0.2) is 11.5 Å². The summed E-state index contributed by atoms with van der Waals surface area (Å²) in [6, 6.07) is 9.55. The second kappa shape index (κ2) is 6.93. The predicted molar refractivity (Wildman–Crippen MR) is 81.9 cm³/mol. The molecule has 0 aliphatic carbocycles. The molecule has 0 saturated carbocycles. The van der Waals surface area contributed by atoms with E-state index in [9.17, 15) is 9.18 Å². The molecule has 116 valence electrons. The molecule has 0 atom stereocenters. The molecule has 1 amide bonds. The van der Waals surface area contributed by atoms with E-state index >= 15 is 0 Å². The Morgan fingerprint density at radius 3 is 2.50 bits per heavy atom. The Morgan fingerprint density at radius 2 is 1.82 bits per heavy atom. The normalized spacial score (nSPS) is 10.2. The molecule has 0 bridgehead atoms. The third-order valence-electron chi connectivity index (χ3n) is 3.35. The summed E-state index contributed by atoms with van der Waals surface area (Å²) < 4.78 is 23.6. The zero-order valence-electron chi connectivity index (χ0n) is 12.8. The second-order valence-electron chi connectivity index (χ2n) is 4.83. The third kappa shape index (κ3) is 3.55. The van der Waals surface area contributed by atoms with E-state index in [-0.39, 0.29) is 5.91 Å². The molecule has 5 heteroatoms. The molecule has 0 unspecified atom stereocenters. The van der Waals surface area contributed by atoms with Crippen LogP contribution in [0.25, 0.3) is 0 Å². The molecule has 2 aromatic carbocycles. The lowest BCUT2D eigenvalue weighted by atomic mass is 10.1. The molecule has 2 aromatic rings. The van der Waals surface area contributed by atoms with Crippen molar-refractivity contribution in [3.05, 3.63) is 58.9 Å². The summed E-state index contributed by atoms with van der Waals surface area (Å²) >= 11 is 0. The van der Waals surface area contributed by atoms with E-state index in [0.29, 0.717) is 23.6 Å². The molecule has 1 N–H and O–H groups in total. The minimum atomic E-state index is -0.429. The van der Waals surface area contributed by atoms with E-state index in [4.69, 9.17) is 9.47 Å². The average Bonchev–Trinajstić information content (AvgIpc) is 2.54. The fraction of sp³-hybridized carbons (Fsp3) is 0.235. The van der Waals surface area contributed by atoms with Crippen LogP contribution in [0, 0.1) is 12.7 Å². The van der Waals surface area contributed by atoms with E-state index in [1.807, 2.05) is 6.07 Å². The highest BCUT2D eigenvalue weighted by Gasteiger charge is 2.11. The fourth-order valence-electron chi connectivity index (χ4n) is 2.11. The van der Waals surface area contributed by atoms with Crippen molar-refractivity contribution < 1.29 is 18.7 Å². The van der Waals surface area contributed by atoms with Gasteiger partial charge in [-0.3, -0.25) is 4.79 Å². The van der Waals surface area contributed by atoms with Gasteiger partial charge in [-0.2, -0.15) is 0 Å². The number of nitrogens with one attached hydrogen (secondary N) is 1. The van der Waals surface area contributed by atoms with Gasteiger partial charge in [-0.15, -0.1) is 0 Å². The number of hydrogen-bond donors (Lipinski definition) is 1. The van der Waals surface area contributed by atoms with E-state index in [1.165, 1.54) is 12.1 Å². The minimum absolute atomic E-state index is 0.313. The molecule has 0 aliphatic heterocycles. The number of hydrogen-bond acceptors (Lipinski definition) is 3. The van der Waals surface area contributed by atoms with Crippen LogP contribution in [0.5, 0.6) is 11.5 Å². The van der Waals surface area contributed by atoms with Gasteiger partial charge in [-0.05, 0) is 42.3 Å². The zero-order valence-corrected chi connectivity index (χ0v) is 12.8. The van der Waals surface area contributed by atoms with Crippen LogP contribution in [0.4, 0.5) is 4.39 Å². The summed E-state index contributed by atoms with van der Waals surface area (Å²) in [4.78, 5) is 12.1. The van der Waals surface area contributed by atoms with E-state index < -0.39 is 5.82 Å². The van der Waals surface area contributed by atoms with Crippen LogP contribution >= 0.6 is 0 Å². The van der Waals surface area contributed by atoms with Gasteiger partial charge in [0.25, 0.3) is 5.91 Å². The Kier molecular flexibility index (Phi) is 4.99. The van der Waals surface area contributed by atoms with Crippen molar-refractivity contribution in [1.82, 2.24) is 5.32 Å². The van der Waals surface area contributed by atoms with Gasteiger partial charge in [0, 0.05) is 12.1 Å². The molecular weight excluding hydrogens is 285 g/mol. The highest BCUT2D eigenvalue weighted by molar-refractivity contribution is 5.95. The number of carbonyl (C=O) groups excluding carboxylic acids is 1. The fourth-order valence-corrected chi connectivity index (χ4v) is 2.11. The molecule has 0 fully saturated rings. The number of methoxy groups -OCH3 is 2. The van der Waals surface area contributed by atoms with Crippen LogP contribution < -0.4 is 14.8 Å². The van der Waals surface area contributed by atoms with Crippen molar-refractivity contribution in [2.75, 3.05) is 14.2 Å². The first-order chi connectivity index (χ1) is 10.5. The van der Waals surface area contributed by atoms with Crippen molar-refractivity contribution >= 4 is 5.91 Å². The predicted octanol–water partition coefficient (Wildman–Crippen LogP) is 3.08. The molecular formula is C17H18FNO3. The molecule has 0 saturated heterocycles. The van der Waals surface area contributed by atoms with Gasteiger partial charge < -0.3 is 14.8 Å². The van der Waals surface area contributed by atoms with E-state index in [1.54, 1.807) is 39.3 Å². The summed E-state index contributed by atoms with van der Waals surface area (Å²) in [5.41, 5.74) is 1.92. The summed E-state index contributed by atoms with van der Waals surface area (Å²) in [6.45, 7) is 2.08. The van der Waals surface area contributed by atoms with Crippen molar-refractivity contribution in [2.45, 2.75) is 13.5 Å². The van der Waals surface area contributed by atoms with Crippen molar-refractivity contribution in [1.29, 1.82) is 0 Å². The van der Waals surface area contributed by atoms with E-state index in [0.717, 1.165) is 11.1 Å². The lowest BCUT2D eigenvalue weighted by Crippen LogP contribution is -2.23. The number of amides is 1. The molecule has 2 rings (SSSR count). The quantitative estimate of drug-likeness (QED) is 0.923. The zero-order chi connectivity index (χ0) is 16.1. The van der Waals surface area contributed by atoms with Crippen LogP contribution in [0.1, 0.15) is 21.5 Å². The maximum atomic E-state index is 13.2. The number of halogens is 1. The van der Waals surface area contributed by atoms with Crippen LogP contribution in [0.3, 0.4) is 0 Å². The average molecular weight is 303 g/mol. The summed E-state index contributed by atoms with van der Waals surface area (Å²) in [7, 11) is 3.11. The number of rotatable bonds is 5. The first-order valence-corrected chi connectivity index (χ1v) is 6.80. The Hall–Kier alpha value is -2.56.